The van der Waals surface area contributed by atoms with E-state index in [0.717, 1.165) is 17.7 Å². The smallest absolute Gasteiger partial charge is 0.243 e. The highest BCUT2D eigenvalue weighted by Crippen LogP contribution is 2.30. The molecule has 9 nitrogen and oxygen atoms in total. The molecule has 30 heavy (non-hydrogen) atoms. The molecular formula is C20H26N6O3S. The van der Waals surface area contributed by atoms with E-state index in [-0.39, 0.29) is 11.7 Å². The van der Waals surface area contributed by atoms with Crippen molar-refractivity contribution >= 4 is 23.4 Å². The van der Waals surface area contributed by atoms with Crippen LogP contribution in [0, 0.1) is 0 Å². The first-order valence-corrected chi connectivity index (χ1v) is 10.6. The molecule has 2 aromatic heterocycles. The number of hydrogen-bond acceptors (Lipinski definition) is 7. The summed E-state index contributed by atoms with van der Waals surface area (Å²) in [6, 6.07) is 7.85. The van der Waals surface area contributed by atoms with E-state index in [0.29, 0.717) is 30.0 Å². The van der Waals surface area contributed by atoms with Crippen LogP contribution in [0.5, 0.6) is 5.88 Å². The van der Waals surface area contributed by atoms with Crippen LogP contribution in [0.15, 0.2) is 35.6 Å². The van der Waals surface area contributed by atoms with Gasteiger partial charge in [0.05, 0.1) is 26.0 Å². The molecule has 0 unspecified atom stereocenters. The van der Waals surface area contributed by atoms with Crippen molar-refractivity contribution in [3.05, 3.63) is 36.0 Å². The lowest BCUT2D eigenvalue weighted by molar-refractivity contribution is -0.113. The summed E-state index contributed by atoms with van der Waals surface area (Å²) in [6.45, 7) is 3.12. The summed E-state index contributed by atoms with van der Waals surface area (Å²) in [7, 11) is 5.02. The quantitative estimate of drug-likeness (QED) is 0.494. The van der Waals surface area contributed by atoms with Gasteiger partial charge >= 0.3 is 0 Å². The summed E-state index contributed by atoms with van der Waals surface area (Å²) >= 11 is 1.32. The van der Waals surface area contributed by atoms with Gasteiger partial charge in [-0.2, -0.15) is 0 Å². The summed E-state index contributed by atoms with van der Waals surface area (Å²) in [5.41, 5.74) is 2.74. The molecular weight excluding hydrogens is 404 g/mol. The van der Waals surface area contributed by atoms with Crippen molar-refractivity contribution in [2.75, 3.05) is 31.9 Å². The van der Waals surface area contributed by atoms with Crippen LogP contribution in [-0.4, -0.2) is 57.0 Å². The van der Waals surface area contributed by atoms with Gasteiger partial charge in [-0.05, 0) is 24.1 Å². The maximum atomic E-state index is 12.4. The Bertz CT molecular complexity index is 983. The molecule has 10 heteroatoms. The number of carbonyl (C=O) groups is 1. The van der Waals surface area contributed by atoms with E-state index < -0.39 is 0 Å². The van der Waals surface area contributed by atoms with Crippen LogP contribution < -0.4 is 10.1 Å². The summed E-state index contributed by atoms with van der Waals surface area (Å²) < 4.78 is 14.2. The number of anilines is 1. The fourth-order valence-electron chi connectivity index (χ4n) is 2.90. The fourth-order valence-corrected chi connectivity index (χ4v) is 3.67. The molecule has 0 radical (unpaired) electrons. The second-order valence-electron chi connectivity index (χ2n) is 6.56. The molecule has 1 aromatic carbocycles. The van der Waals surface area contributed by atoms with Gasteiger partial charge in [0, 0.05) is 26.0 Å². The molecule has 3 aromatic rings. The number of rotatable bonds is 10. The second-order valence-corrected chi connectivity index (χ2v) is 7.51. The second kappa shape index (κ2) is 10.3. The Morgan fingerprint density at radius 3 is 2.63 bits per heavy atom. The van der Waals surface area contributed by atoms with Gasteiger partial charge in [0.15, 0.2) is 11.0 Å². The molecule has 3 rings (SSSR count). The minimum absolute atomic E-state index is 0.106. The van der Waals surface area contributed by atoms with Gasteiger partial charge in [-0.25, -0.2) is 0 Å². The van der Waals surface area contributed by atoms with Gasteiger partial charge in [-0.3, -0.25) is 14.0 Å². The van der Waals surface area contributed by atoms with Gasteiger partial charge in [-0.15, -0.1) is 15.3 Å². The minimum Gasteiger partial charge on any atom is -0.479 e. The van der Waals surface area contributed by atoms with Gasteiger partial charge in [-0.1, -0.05) is 30.8 Å². The Morgan fingerprint density at radius 1 is 1.20 bits per heavy atom. The number of benzene rings is 1. The molecule has 160 valence electrons. The number of nitrogens with one attached hydrogen (secondary N) is 1. The van der Waals surface area contributed by atoms with Crippen molar-refractivity contribution in [2.45, 2.75) is 25.0 Å². The number of aryl methyl sites for hydroxylation is 2. The molecule has 0 saturated heterocycles. The largest absolute Gasteiger partial charge is 0.479 e. The zero-order chi connectivity index (χ0) is 21.5. The maximum Gasteiger partial charge on any atom is 0.243 e. The Morgan fingerprint density at radius 2 is 1.97 bits per heavy atom. The van der Waals surface area contributed by atoms with Crippen LogP contribution in [0.4, 0.5) is 5.69 Å². The van der Waals surface area contributed by atoms with E-state index in [4.69, 9.17) is 9.47 Å². The zero-order valence-corrected chi connectivity index (χ0v) is 18.4. The monoisotopic (exact) mass is 430 g/mol. The van der Waals surface area contributed by atoms with Crippen molar-refractivity contribution < 1.29 is 14.3 Å². The SMILES string of the molecule is CCc1ccc(NC(=O)CSc2nnc(-c3cn(C)nc3OC)n2CCOC)cc1. The Labute approximate surface area is 179 Å². The zero-order valence-electron chi connectivity index (χ0n) is 17.6. The molecule has 2 heterocycles. The lowest BCUT2D eigenvalue weighted by Gasteiger charge is -2.10. The minimum atomic E-state index is -0.106. The molecule has 0 aliphatic rings. The first-order valence-electron chi connectivity index (χ1n) is 9.57. The molecule has 0 spiro atoms. The number of amides is 1. The van der Waals surface area contributed by atoms with E-state index in [1.165, 1.54) is 17.3 Å². The number of aromatic nitrogens is 5. The van der Waals surface area contributed by atoms with Crippen LogP contribution >= 0.6 is 11.8 Å². The topological polar surface area (TPSA) is 96.1 Å². The fraction of sp³-hybridized carbons (Fsp3) is 0.400. The summed E-state index contributed by atoms with van der Waals surface area (Å²) in [6.07, 6.45) is 2.79. The van der Waals surface area contributed by atoms with E-state index in [1.807, 2.05) is 42.1 Å². The number of ether oxygens (including phenoxy) is 2. The van der Waals surface area contributed by atoms with Crippen molar-refractivity contribution in [2.24, 2.45) is 7.05 Å². The van der Waals surface area contributed by atoms with E-state index in [1.54, 1.807) is 18.9 Å². The highest BCUT2D eigenvalue weighted by atomic mass is 32.2. The predicted octanol–water partition coefficient (Wildman–Crippen LogP) is 2.63. The third kappa shape index (κ3) is 5.19. The molecule has 1 amide bonds. The van der Waals surface area contributed by atoms with E-state index >= 15 is 0 Å². The molecule has 0 bridgehead atoms. The summed E-state index contributed by atoms with van der Waals surface area (Å²) in [5, 5.41) is 16.4. The van der Waals surface area contributed by atoms with Crippen molar-refractivity contribution in [3.8, 4) is 17.3 Å². The van der Waals surface area contributed by atoms with Crippen molar-refractivity contribution in [1.82, 2.24) is 24.5 Å². The summed E-state index contributed by atoms with van der Waals surface area (Å²) in [4.78, 5) is 12.4. The third-order valence-corrected chi connectivity index (χ3v) is 5.41. The standard InChI is InChI=1S/C20H26N6O3S/c1-5-14-6-8-15(9-7-14)21-17(27)13-30-20-23-22-18(26(20)10-11-28-3)16-12-25(2)24-19(16)29-4/h6-9,12H,5,10-11,13H2,1-4H3,(H,21,27). The maximum absolute atomic E-state index is 12.4. The Kier molecular flexibility index (Phi) is 7.47. The van der Waals surface area contributed by atoms with E-state index in [9.17, 15) is 4.79 Å². The van der Waals surface area contributed by atoms with Crippen LogP contribution in [0.1, 0.15) is 12.5 Å². The molecule has 0 aliphatic heterocycles. The normalized spacial score (nSPS) is 10.9. The van der Waals surface area contributed by atoms with Crippen LogP contribution in [0.2, 0.25) is 0 Å². The van der Waals surface area contributed by atoms with Gasteiger partial charge in [0.2, 0.25) is 11.8 Å². The van der Waals surface area contributed by atoms with E-state index in [2.05, 4.69) is 27.5 Å². The van der Waals surface area contributed by atoms with Crippen molar-refractivity contribution in [1.29, 1.82) is 0 Å². The van der Waals surface area contributed by atoms with Crippen LogP contribution in [0.3, 0.4) is 0 Å². The first kappa shape index (κ1) is 21.8. The number of nitrogens with zero attached hydrogens (tertiary/aromatic N) is 5. The van der Waals surface area contributed by atoms with Crippen LogP contribution in [0.25, 0.3) is 11.4 Å². The van der Waals surface area contributed by atoms with Gasteiger partial charge < -0.3 is 14.8 Å². The lowest BCUT2D eigenvalue weighted by Crippen LogP contribution is -2.15. The number of carbonyl (C=O) groups excluding carboxylic acids is 1. The Hall–Kier alpha value is -2.85. The summed E-state index contributed by atoms with van der Waals surface area (Å²) in [5.74, 6) is 1.19. The van der Waals surface area contributed by atoms with Crippen molar-refractivity contribution in [3.63, 3.8) is 0 Å². The first-order chi connectivity index (χ1) is 14.5. The number of methoxy groups -OCH3 is 2. The lowest BCUT2D eigenvalue weighted by atomic mass is 10.1. The molecule has 0 aliphatic carbocycles. The highest BCUT2D eigenvalue weighted by Gasteiger charge is 2.20. The third-order valence-electron chi connectivity index (χ3n) is 4.44. The predicted molar refractivity (Wildman–Crippen MR) is 116 cm³/mol. The molecule has 0 saturated carbocycles. The van der Waals surface area contributed by atoms with Crippen LogP contribution in [-0.2, 0) is 29.5 Å². The molecule has 0 fully saturated rings. The highest BCUT2D eigenvalue weighted by molar-refractivity contribution is 7.99. The van der Waals surface area contributed by atoms with Gasteiger partial charge in [0.25, 0.3) is 0 Å². The number of hydrogen-bond donors (Lipinski definition) is 1. The average molecular weight is 431 g/mol. The molecule has 0 atom stereocenters. The number of thioether (sulfide) groups is 1. The molecule has 1 N–H and O–H groups in total. The Balaban J connectivity index is 1.73. The average Bonchev–Trinajstić information content (AvgIpc) is 3.33. The van der Waals surface area contributed by atoms with Gasteiger partial charge in [0.1, 0.15) is 5.56 Å².